The summed E-state index contributed by atoms with van der Waals surface area (Å²) in [6.45, 7) is 6.31. The summed E-state index contributed by atoms with van der Waals surface area (Å²) >= 11 is 5.80. The summed E-state index contributed by atoms with van der Waals surface area (Å²) in [5, 5.41) is 9.97. The van der Waals surface area contributed by atoms with E-state index >= 15 is 0 Å². The topological polar surface area (TPSA) is 20.2 Å². The number of hydrogen-bond acceptors (Lipinski definition) is 1. The molecule has 0 aliphatic rings. The van der Waals surface area contributed by atoms with Crippen molar-refractivity contribution in [3.63, 3.8) is 0 Å². The molecule has 0 heterocycles. The van der Waals surface area contributed by atoms with Gasteiger partial charge < -0.3 is 5.11 Å². The van der Waals surface area contributed by atoms with Crippen LogP contribution in [0.3, 0.4) is 0 Å². The van der Waals surface area contributed by atoms with Crippen LogP contribution >= 0.6 is 11.6 Å². The van der Waals surface area contributed by atoms with Gasteiger partial charge in [-0.2, -0.15) is 0 Å². The molecule has 0 fully saturated rings. The van der Waals surface area contributed by atoms with Crippen LogP contribution in [0.5, 0.6) is 0 Å². The van der Waals surface area contributed by atoms with Crippen molar-refractivity contribution in [3.8, 4) is 0 Å². The third kappa shape index (κ3) is 3.76. The molecule has 1 aromatic rings. The summed E-state index contributed by atoms with van der Waals surface area (Å²) in [6.07, 6.45) is 0.760. The summed E-state index contributed by atoms with van der Waals surface area (Å²) in [4.78, 5) is 0. The molecule has 1 rings (SSSR count). The Balaban J connectivity index is 2.73. The molecule has 0 aliphatic carbocycles. The molecule has 0 saturated carbocycles. The van der Waals surface area contributed by atoms with E-state index in [9.17, 15) is 9.50 Å². The fourth-order valence-electron chi connectivity index (χ4n) is 1.50. The van der Waals surface area contributed by atoms with Gasteiger partial charge in [0, 0.05) is 5.56 Å². The highest BCUT2D eigenvalue weighted by Crippen LogP contribution is 2.31. The molecule has 90 valence electrons. The zero-order valence-electron chi connectivity index (χ0n) is 9.93. The van der Waals surface area contributed by atoms with Gasteiger partial charge in [0.2, 0.25) is 0 Å². The first-order chi connectivity index (χ1) is 7.31. The van der Waals surface area contributed by atoms with Crippen LogP contribution < -0.4 is 0 Å². The Hall–Kier alpha value is -0.600. The minimum atomic E-state index is -0.692. The summed E-state index contributed by atoms with van der Waals surface area (Å²) in [6, 6.07) is 4.53. The Morgan fingerprint density at radius 2 is 2.00 bits per heavy atom. The first kappa shape index (κ1) is 13.5. The van der Waals surface area contributed by atoms with Crippen LogP contribution in [-0.2, 0) is 0 Å². The van der Waals surface area contributed by atoms with Crippen molar-refractivity contribution >= 4 is 11.6 Å². The maximum atomic E-state index is 13.2. The fourth-order valence-corrected chi connectivity index (χ4v) is 1.75. The van der Waals surface area contributed by atoms with Gasteiger partial charge in [0.05, 0.1) is 11.1 Å². The largest absolute Gasteiger partial charge is 0.388 e. The molecule has 1 atom stereocenters. The summed E-state index contributed by atoms with van der Waals surface area (Å²) in [5.74, 6) is -0.478. The van der Waals surface area contributed by atoms with E-state index in [2.05, 4.69) is 20.8 Å². The molecule has 0 bridgehead atoms. The van der Waals surface area contributed by atoms with Gasteiger partial charge in [-0.05, 0) is 24.3 Å². The number of benzene rings is 1. The van der Waals surface area contributed by atoms with Crippen LogP contribution in [0.4, 0.5) is 4.39 Å². The Kier molecular flexibility index (Phi) is 4.34. The van der Waals surface area contributed by atoms with E-state index in [4.69, 9.17) is 11.6 Å². The molecule has 1 nitrogen and oxygen atoms in total. The molecule has 0 spiro atoms. The molecule has 0 aliphatic heterocycles. The smallest absolute Gasteiger partial charge is 0.142 e. The first-order valence-electron chi connectivity index (χ1n) is 5.43. The normalized spacial score (nSPS) is 13.9. The lowest BCUT2D eigenvalue weighted by molar-refractivity contribution is 0.147. The standard InChI is InChI=1S/C13H18ClFO/c1-13(2,3)8-7-11(16)9-5-4-6-10(15)12(9)14/h4-6,11,16H,7-8H2,1-3H3. The second-order valence-electron chi connectivity index (χ2n) is 5.26. The summed E-state index contributed by atoms with van der Waals surface area (Å²) in [7, 11) is 0. The van der Waals surface area contributed by atoms with Crippen molar-refractivity contribution in [2.24, 2.45) is 5.41 Å². The number of aliphatic hydroxyl groups excluding tert-OH is 1. The Morgan fingerprint density at radius 1 is 1.38 bits per heavy atom. The molecule has 1 aromatic carbocycles. The van der Waals surface area contributed by atoms with Crippen molar-refractivity contribution in [2.75, 3.05) is 0 Å². The van der Waals surface area contributed by atoms with Crippen LogP contribution in [0.2, 0.25) is 5.02 Å². The van der Waals surface area contributed by atoms with Gasteiger partial charge in [0.1, 0.15) is 5.82 Å². The van der Waals surface area contributed by atoms with Crippen molar-refractivity contribution in [1.82, 2.24) is 0 Å². The zero-order valence-corrected chi connectivity index (χ0v) is 10.7. The summed E-state index contributed by atoms with van der Waals surface area (Å²) in [5.41, 5.74) is 0.631. The third-order valence-corrected chi connectivity index (χ3v) is 2.91. The van der Waals surface area contributed by atoms with Crippen LogP contribution in [0.15, 0.2) is 18.2 Å². The van der Waals surface area contributed by atoms with E-state index in [0.29, 0.717) is 12.0 Å². The van der Waals surface area contributed by atoms with E-state index in [1.54, 1.807) is 12.1 Å². The minimum absolute atomic E-state index is 0.0314. The maximum Gasteiger partial charge on any atom is 0.142 e. The molecule has 1 N–H and O–H groups in total. The lowest BCUT2D eigenvalue weighted by atomic mass is 9.88. The lowest BCUT2D eigenvalue weighted by Gasteiger charge is -2.21. The van der Waals surface area contributed by atoms with Gasteiger partial charge in [-0.3, -0.25) is 0 Å². The molecule has 16 heavy (non-hydrogen) atoms. The van der Waals surface area contributed by atoms with Gasteiger partial charge in [0.25, 0.3) is 0 Å². The first-order valence-corrected chi connectivity index (χ1v) is 5.81. The number of rotatable bonds is 3. The lowest BCUT2D eigenvalue weighted by Crippen LogP contribution is -2.08. The van der Waals surface area contributed by atoms with Crippen molar-refractivity contribution in [1.29, 1.82) is 0 Å². The third-order valence-electron chi connectivity index (χ3n) is 2.51. The summed E-state index contributed by atoms with van der Waals surface area (Å²) < 4.78 is 13.2. The number of aliphatic hydroxyl groups is 1. The van der Waals surface area contributed by atoms with Crippen molar-refractivity contribution in [2.45, 2.75) is 39.7 Å². The highest BCUT2D eigenvalue weighted by Gasteiger charge is 2.17. The minimum Gasteiger partial charge on any atom is -0.388 e. The van der Waals surface area contributed by atoms with Crippen molar-refractivity contribution in [3.05, 3.63) is 34.6 Å². The Labute approximate surface area is 101 Å². The van der Waals surface area contributed by atoms with Gasteiger partial charge in [-0.1, -0.05) is 44.5 Å². The predicted molar refractivity (Wildman–Crippen MR) is 65.1 cm³/mol. The number of halogens is 2. The van der Waals surface area contributed by atoms with Gasteiger partial charge in [0.15, 0.2) is 0 Å². The zero-order chi connectivity index (χ0) is 12.3. The fraction of sp³-hybridized carbons (Fsp3) is 0.538. The van der Waals surface area contributed by atoms with E-state index < -0.39 is 11.9 Å². The molecule has 0 aromatic heterocycles. The Bertz CT molecular complexity index is 357. The molecule has 3 heteroatoms. The SMILES string of the molecule is CC(C)(C)CCC(O)c1cccc(F)c1Cl. The van der Waals surface area contributed by atoms with Gasteiger partial charge in [-0.25, -0.2) is 4.39 Å². The van der Waals surface area contributed by atoms with E-state index in [0.717, 1.165) is 6.42 Å². The van der Waals surface area contributed by atoms with Crippen LogP contribution in [0.1, 0.15) is 45.3 Å². The molecular formula is C13H18ClFO. The predicted octanol–water partition coefficient (Wildman–Crippen LogP) is 4.34. The molecule has 0 saturated heterocycles. The highest BCUT2D eigenvalue weighted by atomic mass is 35.5. The quantitative estimate of drug-likeness (QED) is 0.839. The van der Waals surface area contributed by atoms with Crippen LogP contribution in [-0.4, -0.2) is 5.11 Å². The van der Waals surface area contributed by atoms with Crippen LogP contribution in [0.25, 0.3) is 0 Å². The van der Waals surface area contributed by atoms with E-state index in [1.165, 1.54) is 6.07 Å². The van der Waals surface area contributed by atoms with Crippen molar-refractivity contribution < 1.29 is 9.50 Å². The number of hydrogen-bond donors (Lipinski definition) is 1. The average molecular weight is 245 g/mol. The van der Waals surface area contributed by atoms with Gasteiger partial charge in [-0.15, -0.1) is 0 Å². The molecule has 1 unspecified atom stereocenters. The van der Waals surface area contributed by atoms with E-state index in [1.807, 2.05) is 0 Å². The van der Waals surface area contributed by atoms with E-state index in [-0.39, 0.29) is 10.4 Å². The molecular weight excluding hydrogens is 227 g/mol. The highest BCUT2D eigenvalue weighted by molar-refractivity contribution is 6.31. The van der Waals surface area contributed by atoms with Crippen LogP contribution in [0, 0.1) is 11.2 Å². The molecule has 0 radical (unpaired) electrons. The Morgan fingerprint density at radius 3 is 2.56 bits per heavy atom. The second kappa shape index (κ2) is 5.15. The average Bonchev–Trinajstić information content (AvgIpc) is 2.17. The second-order valence-corrected chi connectivity index (χ2v) is 5.64. The molecule has 0 amide bonds. The maximum absolute atomic E-state index is 13.2. The van der Waals surface area contributed by atoms with Gasteiger partial charge >= 0.3 is 0 Å². The monoisotopic (exact) mass is 244 g/mol.